The van der Waals surface area contributed by atoms with E-state index in [1.807, 2.05) is 68.4 Å². The number of halogens is 1. The normalized spacial score (nSPS) is 10.9. The summed E-state index contributed by atoms with van der Waals surface area (Å²) in [5.74, 6) is 0.213. The standard InChI is InChI=1S/C36H33BrN4O4/c1-4-44-33-20-28(31(37)21-34(33)45-23-35(42)39-29-15-10-24(2)11-16-29)22-38-40-36(43)27-13-17-30(18-14-27)41-25(3)12-19-32(41)26-8-6-5-7-9-26/h5-22H,4,23H2,1-3H3,(H,39,42)(H,40,43)/b38-22+. The van der Waals surface area contributed by atoms with Crippen LogP contribution < -0.4 is 20.2 Å². The summed E-state index contributed by atoms with van der Waals surface area (Å²) in [4.78, 5) is 25.3. The number of nitrogens with one attached hydrogen (secondary N) is 2. The SMILES string of the molecule is CCOc1cc(/C=N/NC(=O)c2ccc(-n3c(C)ccc3-c3ccccc3)cc2)c(Br)cc1OCC(=O)Nc1ccc(C)cc1. The number of rotatable bonds is 11. The first-order valence-electron chi connectivity index (χ1n) is 14.5. The molecule has 45 heavy (non-hydrogen) atoms. The number of hydrogen-bond donors (Lipinski definition) is 2. The first kappa shape index (κ1) is 31.3. The van der Waals surface area contributed by atoms with Crippen LogP contribution in [0.25, 0.3) is 16.9 Å². The molecule has 0 aliphatic rings. The predicted molar refractivity (Wildman–Crippen MR) is 182 cm³/mol. The van der Waals surface area contributed by atoms with Crippen LogP contribution in [0.3, 0.4) is 0 Å². The largest absolute Gasteiger partial charge is 0.490 e. The number of carbonyl (C=O) groups is 2. The van der Waals surface area contributed by atoms with Gasteiger partial charge in [0.15, 0.2) is 18.1 Å². The van der Waals surface area contributed by atoms with Gasteiger partial charge in [0.25, 0.3) is 11.8 Å². The Hall–Kier alpha value is -5.15. The summed E-state index contributed by atoms with van der Waals surface area (Å²) >= 11 is 3.52. The highest BCUT2D eigenvalue weighted by molar-refractivity contribution is 9.10. The lowest BCUT2D eigenvalue weighted by molar-refractivity contribution is -0.118. The summed E-state index contributed by atoms with van der Waals surface area (Å²) in [6.45, 7) is 6.09. The van der Waals surface area contributed by atoms with Crippen molar-refractivity contribution in [1.29, 1.82) is 0 Å². The lowest BCUT2D eigenvalue weighted by Crippen LogP contribution is -2.20. The highest BCUT2D eigenvalue weighted by Crippen LogP contribution is 2.33. The molecule has 0 aliphatic heterocycles. The molecule has 1 aromatic heterocycles. The van der Waals surface area contributed by atoms with Crippen molar-refractivity contribution < 1.29 is 19.1 Å². The van der Waals surface area contributed by atoms with Gasteiger partial charge < -0.3 is 19.4 Å². The van der Waals surface area contributed by atoms with Crippen molar-refractivity contribution in [3.8, 4) is 28.4 Å². The monoisotopic (exact) mass is 664 g/mol. The Balaban J connectivity index is 1.22. The van der Waals surface area contributed by atoms with E-state index in [2.05, 4.69) is 67.5 Å². The van der Waals surface area contributed by atoms with E-state index in [-0.39, 0.29) is 18.4 Å². The van der Waals surface area contributed by atoms with Gasteiger partial charge in [0.05, 0.1) is 18.5 Å². The molecular formula is C36H33BrN4O4. The summed E-state index contributed by atoms with van der Waals surface area (Å²) in [6.07, 6.45) is 1.52. The Morgan fingerprint density at radius 3 is 2.29 bits per heavy atom. The number of carbonyl (C=O) groups excluding carboxylic acids is 2. The second-order valence-electron chi connectivity index (χ2n) is 10.3. The number of amides is 2. The smallest absolute Gasteiger partial charge is 0.271 e. The molecule has 4 aromatic carbocycles. The van der Waals surface area contributed by atoms with Gasteiger partial charge in [0.2, 0.25) is 0 Å². The van der Waals surface area contributed by atoms with Gasteiger partial charge in [-0.15, -0.1) is 0 Å². The predicted octanol–water partition coefficient (Wildman–Crippen LogP) is 7.70. The quantitative estimate of drug-likeness (QED) is 0.112. The molecule has 2 amide bonds. The molecule has 9 heteroatoms. The van der Waals surface area contributed by atoms with Gasteiger partial charge in [-0.25, -0.2) is 5.43 Å². The zero-order valence-electron chi connectivity index (χ0n) is 25.2. The zero-order valence-corrected chi connectivity index (χ0v) is 26.8. The van der Waals surface area contributed by atoms with Crippen LogP contribution in [0.4, 0.5) is 5.69 Å². The number of anilines is 1. The Morgan fingerprint density at radius 2 is 1.58 bits per heavy atom. The highest BCUT2D eigenvalue weighted by atomic mass is 79.9. The Morgan fingerprint density at radius 1 is 0.867 bits per heavy atom. The first-order valence-corrected chi connectivity index (χ1v) is 15.2. The lowest BCUT2D eigenvalue weighted by atomic mass is 10.1. The molecule has 0 saturated carbocycles. The average Bonchev–Trinajstić information content (AvgIpc) is 3.44. The van der Waals surface area contributed by atoms with Crippen molar-refractivity contribution in [1.82, 2.24) is 9.99 Å². The van der Waals surface area contributed by atoms with Gasteiger partial charge in [-0.1, -0.05) is 48.0 Å². The summed E-state index contributed by atoms with van der Waals surface area (Å²) in [6, 6.07) is 32.7. The van der Waals surface area contributed by atoms with Crippen LogP contribution in [0, 0.1) is 13.8 Å². The molecule has 0 spiro atoms. The van der Waals surface area contributed by atoms with E-state index < -0.39 is 0 Å². The van der Waals surface area contributed by atoms with Crippen LogP contribution in [-0.4, -0.2) is 35.8 Å². The minimum atomic E-state index is -0.342. The number of aryl methyl sites for hydroxylation is 2. The van der Waals surface area contributed by atoms with E-state index in [0.717, 1.165) is 28.2 Å². The first-order chi connectivity index (χ1) is 21.8. The van der Waals surface area contributed by atoms with Crippen molar-refractivity contribution in [3.63, 3.8) is 0 Å². The molecule has 0 bridgehead atoms. The minimum Gasteiger partial charge on any atom is -0.490 e. The van der Waals surface area contributed by atoms with Gasteiger partial charge in [0, 0.05) is 32.7 Å². The number of nitrogens with zero attached hydrogens (tertiary/aromatic N) is 2. The zero-order chi connectivity index (χ0) is 31.8. The Kier molecular flexibility index (Phi) is 10.1. The second-order valence-corrected chi connectivity index (χ2v) is 11.1. The molecule has 0 saturated heterocycles. The van der Waals surface area contributed by atoms with Crippen molar-refractivity contribution >= 4 is 39.6 Å². The lowest BCUT2D eigenvalue weighted by Gasteiger charge is -2.14. The molecular weight excluding hydrogens is 632 g/mol. The fraction of sp³-hybridized carbons (Fsp3) is 0.139. The molecule has 2 N–H and O–H groups in total. The van der Waals surface area contributed by atoms with Crippen LogP contribution in [-0.2, 0) is 4.79 Å². The Bertz CT molecular complexity index is 1820. The van der Waals surface area contributed by atoms with Gasteiger partial charge in [0.1, 0.15) is 0 Å². The molecule has 1 heterocycles. The Labute approximate surface area is 270 Å². The van der Waals surface area contributed by atoms with E-state index in [0.29, 0.717) is 39.4 Å². The average molecular weight is 666 g/mol. The molecule has 5 aromatic rings. The van der Waals surface area contributed by atoms with E-state index in [1.54, 1.807) is 24.3 Å². The van der Waals surface area contributed by atoms with E-state index in [9.17, 15) is 9.59 Å². The number of hydrogen-bond acceptors (Lipinski definition) is 5. The van der Waals surface area contributed by atoms with Gasteiger partial charge in [-0.2, -0.15) is 5.10 Å². The maximum Gasteiger partial charge on any atom is 0.271 e. The maximum atomic E-state index is 12.9. The molecule has 5 rings (SSSR count). The van der Waals surface area contributed by atoms with Gasteiger partial charge >= 0.3 is 0 Å². The fourth-order valence-electron chi connectivity index (χ4n) is 4.71. The molecule has 0 aliphatic carbocycles. The maximum absolute atomic E-state index is 12.9. The summed E-state index contributed by atoms with van der Waals surface area (Å²) in [5.41, 5.74) is 9.76. The summed E-state index contributed by atoms with van der Waals surface area (Å²) in [7, 11) is 0. The molecule has 228 valence electrons. The third-order valence-electron chi connectivity index (χ3n) is 6.96. The molecule has 8 nitrogen and oxygen atoms in total. The number of ether oxygens (including phenoxy) is 2. The topological polar surface area (TPSA) is 93.9 Å². The van der Waals surface area contributed by atoms with Gasteiger partial charge in [-0.05, 0) is 103 Å². The summed E-state index contributed by atoms with van der Waals surface area (Å²) < 4.78 is 14.3. The van der Waals surface area contributed by atoms with Crippen molar-refractivity contribution in [2.75, 3.05) is 18.5 Å². The molecule has 0 fully saturated rings. The highest BCUT2D eigenvalue weighted by Gasteiger charge is 2.14. The van der Waals surface area contributed by atoms with Crippen LogP contribution in [0.15, 0.2) is 113 Å². The van der Waals surface area contributed by atoms with E-state index >= 15 is 0 Å². The summed E-state index contributed by atoms with van der Waals surface area (Å²) in [5, 5.41) is 6.97. The van der Waals surface area contributed by atoms with Crippen LogP contribution in [0.1, 0.15) is 34.1 Å². The molecule has 0 unspecified atom stereocenters. The third-order valence-corrected chi connectivity index (χ3v) is 7.65. The van der Waals surface area contributed by atoms with Crippen molar-refractivity contribution in [2.45, 2.75) is 20.8 Å². The van der Waals surface area contributed by atoms with Crippen LogP contribution in [0.5, 0.6) is 11.5 Å². The third kappa shape index (κ3) is 7.87. The fourth-order valence-corrected chi connectivity index (χ4v) is 5.14. The molecule has 0 atom stereocenters. The number of aromatic nitrogens is 1. The minimum absolute atomic E-state index is 0.194. The number of benzene rings is 4. The van der Waals surface area contributed by atoms with Crippen LogP contribution in [0.2, 0.25) is 0 Å². The van der Waals surface area contributed by atoms with Gasteiger partial charge in [-0.3, -0.25) is 9.59 Å². The van der Waals surface area contributed by atoms with Crippen molar-refractivity contribution in [2.24, 2.45) is 5.10 Å². The number of hydrazone groups is 1. The second kappa shape index (κ2) is 14.5. The van der Waals surface area contributed by atoms with E-state index in [4.69, 9.17) is 9.47 Å². The van der Waals surface area contributed by atoms with Crippen molar-refractivity contribution in [3.05, 3.63) is 130 Å². The molecule has 0 radical (unpaired) electrons. The van der Waals surface area contributed by atoms with Crippen LogP contribution >= 0.6 is 15.9 Å². The van der Waals surface area contributed by atoms with E-state index in [1.165, 1.54) is 6.21 Å².